The lowest BCUT2D eigenvalue weighted by Crippen LogP contribution is -2.30. The van der Waals surface area contributed by atoms with Gasteiger partial charge in [0.1, 0.15) is 19.3 Å². The van der Waals surface area contributed by atoms with E-state index in [1.165, 1.54) is 180 Å². The number of aliphatic hydroxyl groups is 1. The first-order valence-corrected chi connectivity index (χ1v) is 41.3. The molecule has 0 amide bonds. The van der Waals surface area contributed by atoms with Crippen LogP contribution in [0.3, 0.4) is 0 Å². The number of esters is 4. The average Bonchev–Trinajstić information content (AvgIpc) is 1.62. The van der Waals surface area contributed by atoms with Crippen LogP contribution in [0, 0.1) is 17.8 Å². The summed E-state index contributed by atoms with van der Waals surface area (Å²) in [5, 5.41) is 10.6. The molecule has 0 spiro atoms. The second kappa shape index (κ2) is 64.7. The van der Waals surface area contributed by atoms with E-state index >= 15 is 0 Å². The maximum atomic E-state index is 13.1. The number of aliphatic hydroxyl groups excluding tert-OH is 1. The van der Waals surface area contributed by atoms with Crippen molar-refractivity contribution in [2.45, 2.75) is 394 Å². The predicted molar refractivity (Wildman–Crippen MR) is 377 cm³/mol. The van der Waals surface area contributed by atoms with Crippen molar-refractivity contribution < 1.29 is 80.2 Å². The third-order valence-corrected chi connectivity index (χ3v) is 19.0. The summed E-state index contributed by atoms with van der Waals surface area (Å²) >= 11 is 0. The molecule has 0 heterocycles. The number of hydrogen-bond acceptors (Lipinski definition) is 15. The SMILES string of the molecule is CCCCCCCCCCCCCCCCCCCCC(=O)O[C@H](COC(=O)CCCCCCCCCCCCC(C)C)COP(=O)(O)OC[C@@H](O)COP(=O)(O)OC[C@@H](COC(=O)CCCCCCCCCC(C)C)OC(=O)CCCCCCCCCCCC(C)C. The minimum Gasteiger partial charge on any atom is -0.462 e. The quantitative estimate of drug-likeness (QED) is 0.0222. The number of phosphoric acid groups is 2. The number of carbonyl (C=O) groups excluding carboxylic acids is 4. The molecule has 0 aliphatic carbocycles. The van der Waals surface area contributed by atoms with Crippen molar-refractivity contribution in [2.24, 2.45) is 17.8 Å². The molecule has 0 rings (SSSR count). The highest BCUT2D eigenvalue weighted by Gasteiger charge is 2.30. The van der Waals surface area contributed by atoms with E-state index in [0.29, 0.717) is 31.6 Å². The third kappa shape index (κ3) is 68.4. The van der Waals surface area contributed by atoms with E-state index in [-0.39, 0.29) is 25.7 Å². The number of ether oxygens (including phenoxy) is 4. The number of hydrogen-bond donors (Lipinski definition) is 3. The van der Waals surface area contributed by atoms with E-state index in [0.717, 1.165) is 108 Å². The minimum atomic E-state index is -4.96. The second-order valence-corrected chi connectivity index (χ2v) is 31.0. The Kier molecular flexibility index (Phi) is 63.4. The van der Waals surface area contributed by atoms with Gasteiger partial charge < -0.3 is 33.8 Å². The van der Waals surface area contributed by atoms with Gasteiger partial charge in [0.15, 0.2) is 12.2 Å². The fraction of sp³-hybridized carbons (Fsp3) is 0.946. The summed E-state index contributed by atoms with van der Waals surface area (Å²) in [6.45, 7) is 11.8. The fourth-order valence-electron chi connectivity index (χ4n) is 11.2. The zero-order valence-corrected chi connectivity index (χ0v) is 62.5. The lowest BCUT2D eigenvalue weighted by molar-refractivity contribution is -0.161. The Morgan fingerprint density at radius 3 is 0.731 bits per heavy atom. The smallest absolute Gasteiger partial charge is 0.462 e. The van der Waals surface area contributed by atoms with Gasteiger partial charge in [-0.25, -0.2) is 9.13 Å². The summed E-state index contributed by atoms with van der Waals surface area (Å²) in [4.78, 5) is 72.7. The topological polar surface area (TPSA) is 237 Å². The van der Waals surface area contributed by atoms with Crippen molar-refractivity contribution in [3.05, 3.63) is 0 Å². The highest BCUT2D eigenvalue weighted by molar-refractivity contribution is 7.47. The van der Waals surface area contributed by atoms with Crippen LogP contribution < -0.4 is 0 Å². The van der Waals surface area contributed by atoms with E-state index in [4.69, 9.17) is 37.0 Å². The Bertz CT molecular complexity index is 1820. The Hall–Kier alpha value is -1.94. The van der Waals surface area contributed by atoms with Crippen molar-refractivity contribution in [1.29, 1.82) is 0 Å². The van der Waals surface area contributed by atoms with Crippen LogP contribution in [-0.4, -0.2) is 96.7 Å². The molecule has 0 radical (unpaired) electrons. The van der Waals surface area contributed by atoms with Crippen LogP contribution in [0.4, 0.5) is 0 Å². The molecule has 5 atom stereocenters. The number of carbonyl (C=O) groups is 4. The van der Waals surface area contributed by atoms with Gasteiger partial charge in [-0.05, 0) is 43.4 Å². The fourth-order valence-corrected chi connectivity index (χ4v) is 12.8. The largest absolute Gasteiger partial charge is 0.472 e. The molecule has 0 aromatic rings. The Morgan fingerprint density at radius 1 is 0.290 bits per heavy atom. The van der Waals surface area contributed by atoms with Crippen LogP contribution in [0.25, 0.3) is 0 Å². The minimum absolute atomic E-state index is 0.104. The highest BCUT2D eigenvalue weighted by atomic mass is 31.2. The van der Waals surface area contributed by atoms with Crippen LogP contribution in [0.5, 0.6) is 0 Å². The van der Waals surface area contributed by atoms with E-state index in [2.05, 4.69) is 48.5 Å². The van der Waals surface area contributed by atoms with Crippen molar-refractivity contribution in [1.82, 2.24) is 0 Å². The van der Waals surface area contributed by atoms with E-state index < -0.39 is 97.5 Å². The van der Waals surface area contributed by atoms with E-state index in [1.807, 2.05) is 0 Å². The molecule has 0 saturated carbocycles. The zero-order valence-electron chi connectivity index (χ0n) is 60.7. The Balaban J connectivity index is 5.24. The first kappa shape index (κ1) is 91.1. The molecule has 0 fully saturated rings. The number of phosphoric ester groups is 2. The van der Waals surface area contributed by atoms with Crippen molar-refractivity contribution in [3.63, 3.8) is 0 Å². The van der Waals surface area contributed by atoms with Gasteiger partial charge in [-0.1, -0.05) is 325 Å². The van der Waals surface area contributed by atoms with Gasteiger partial charge in [0, 0.05) is 25.7 Å². The van der Waals surface area contributed by atoms with E-state index in [1.54, 1.807) is 0 Å². The summed E-state index contributed by atoms with van der Waals surface area (Å²) in [6, 6.07) is 0. The molecule has 0 aliphatic heterocycles. The van der Waals surface area contributed by atoms with E-state index in [9.17, 15) is 43.2 Å². The first-order chi connectivity index (χ1) is 44.7. The summed E-state index contributed by atoms with van der Waals surface area (Å²) in [6.07, 6.45) is 50.1. The summed E-state index contributed by atoms with van der Waals surface area (Å²) in [5.74, 6) is 0.0778. The maximum Gasteiger partial charge on any atom is 0.472 e. The molecule has 0 bridgehead atoms. The molecule has 93 heavy (non-hydrogen) atoms. The van der Waals surface area contributed by atoms with Gasteiger partial charge in [0.25, 0.3) is 0 Å². The van der Waals surface area contributed by atoms with Crippen LogP contribution in [-0.2, 0) is 65.4 Å². The van der Waals surface area contributed by atoms with Gasteiger partial charge in [0.2, 0.25) is 0 Å². The zero-order chi connectivity index (χ0) is 68.7. The van der Waals surface area contributed by atoms with Crippen molar-refractivity contribution in [3.8, 4) is 0 Å². The van der Waals surface area contributed by atoms with Gasteiger partial charge in [0.05, 0.1) is 26.4 Å². The van der Waals surface area contributed by atoms with Crippen LogP contribution in [0.1, 0.15) is 376 Å². The first-order valence-electron chi connectivity index (χ1n) is 38.3. The highest BCUT2D eigenvalue weighted by Crippen LogP contribution is 2.45. The maximum absolute atomic E-state index is 13.1. The van der Waals surface area contributed by atoms with Crippen molar-refractivity contribution in [2.75, 3.05) is 39.6 Å². The Morgan fingerprint density at radius 2 is 0.495 bits per heavy atom. The van der Waals surface area contributed by atoms with Gasteiger partial charge in [-0.2, -0.15) is 0 Å². The predicted octanol–water partition coefficient (Wildman–Crippen LogP) is 21.4. The summed E-state index contributed by atoms with van der Waals surface area (Å²) < 4.78 is 68.4. The molecular weight excluding hydrogens is 1220 g/mol. The molecular formula is C74H144O17P2. The molecule has 0 aromatic carbocycles. The average molecular weight is 1370 g/mol. The normalized spacial score (nSPS) is 14.1. The second-order valence-electron chi connectivity index (χ2n) is 28.1. The molecule has 0 aromatic heterocycles. The molecule has 3 N–H and O–H groups in total. The summed E-state index contributed by atoms with van der Waals surface area (Å²) in [7, 11) is -9.91. The molecule has 17 nitrogen and oxygen atoms in total. The molecule has 552 valence electrons. The Labute approximate surface area is 568 Å². The molecule has 19 heteroatoms. The number of rotatable bonds is 72. The van der Waals surface area contributed by atoms with Gasteiger partial charge in [-0.15, -0.1) is 0 Å². The standard InChI is InChI=1S/C74H144O17P2/c1-8-9-10-11-12-13-14-15-16-17-18-19-20-21-28-35-43-50-57-73(78)90-69(61-84-71(76)55-48-41-34-27-23-22-25-31-38-45-52-65(2)3)63-88-92(80,81)86-59-68(75)60-87-93(82,83)89-64-70(62-85-72(77)56-49-42-37-30-33-40-47-54-67(6)7)91-74(79)58-51-44-36-29-24-26-32-39-46-53-66(4)5/h65-70,75H,8-64H2,1-7H3,(H,80,81)(H,82,83)/t68-,69-,70-/m1/s1. The lowest BCUT2D eigenvalue weighted by atomic mass is 10.0. The molecule has 0 saturated heterocycles. The molecule has 2 unspecified atom stereocenters. The van der Waals surface area contributed by atoms with Gasteiger partial charge in [-0.3, -0.25) is 37.3 Å². The van der Waals surface area contributed by atoms with Crippen LogP contribution in [0.15, 0.2) is 0 Å². The van der Waals surface area contributed by atoms with Crippen LogP contribution in [0.2, 0.25) is 0 Å². The number of unbranched alkanes of at least 4 members (excludes halogenated alkanes) is 40. The monoisotopic (exact) mass is 1370 g/mol. The lowest BCUT2D eigenvalue weighted by Gasteiger charge is -2.21. The van der Waals surface area contributed by atoms with Crippen LogP contribution >= 0.6 is 15.6 Å². The molecule has 0 aliphatic rings. The van der Waals surface area contributed by atoms with Crippen molar-refractivity contribution >= 4 is 39.5 Å². The third-order valence-electron chi connectivity index (χ3n) is 17.1. The van der Waals surface area contributed by atoms with Gasteiger partial charge >= 0.3 is 39.5 Å². The summed E-state index contributed by atoms with van der Waals surface area (Å²) in [5.41, 5.74) is 0.